The van der Waals surface area contributed by atoms with E-state index in [-0.39, 0.29) is 35.5 Å². The van der Waals surface area contributed by atoms with E-state index in [2.05, 4.69) is 24.3 Å². The summed E-state index contributed by atoms with van der Waals surface area (Å²) in [5, 5.41) is 0. The molecule has 1 aliphatic carbocycles. The first-order chi connectivity index (χ1) is 14.6. The van der Waals surface area contributed by atoms with Gasteiger partial charge in [-0.25, -0.2) is 0 Å². The van der Waals surface area contributed by atoms with Gasteiger partial charge in [-0.05, 0) is 54.9 Å². The molecule has 1 aliphatic heterocycles. The number of fused-ring (bicyclic) bond motifs is 1. The van der Waals surface area contributed by atoms with Crippen LogP contribution in [0.1, 0.15) is 41.4 Å². The Kier molecular flexibility index (Phi) is 4.74. The second kappa shape index (κ2) is 7.56. The molecule has 0 bridgehead atoms. The minimum atomic E-state index is -0.319. The summed E-state index contributed by atoms with van der Waals surface area (Å²) in [6, 6.07) is 28.1. The molecule has 3 heteroatoms. The molecule has 5 rings (SSSR count). The van der Waals surface area contributed by atoms with Crippen molar-refractivity contribution in [3.05, 3.63) is 102 Å². The quantitative estimate of drug-likeness (QED) is 0.552. The molecule has 1 saturated heterocycles. The third kappa shape index (κ3) is 3.06. The van der Waals surface area contributed by atoms with Crippen molar-refractivity contribution in [3.63, 3.8) is 0 Å². The minimum absolute atomic E-state index is 0.0525. The average Bonchev–Trinajstić information content (AvgIpc) is 3.06. The number of imide groups is 1. The number of benzene rings is 3. The van der Waals surface area contributed by atoms with Gasteiger partial charge in [-0.3, -0.25) is 14.5 Å². The summed E-state index contributed by atoms with van der Waals surface area (Å²) >= 11 is 0. The van der Waals surface area contributed by atoms with Gasteiger partial charge in [0.15, 0.2) is 0 Å². The number of nitrogens with zero attached hydrogens (tertiary/aromatic N) is 1. The SMILES string of the molecule is Cc1ccc(N2C(=O)[C@H]3[C@H](C2=O)[C@H](c2ccccc2)CC[C@H]3c2ccccc2)cc1. The Morgan fingerprint density at radius 3 is 1.50 bits per heavy atom. The van der Waals surface area contributed by atoms with Crippen molar-refractivity contribution in [3.8, 4) is 0 Å². The second-order valence-corrected chi connectivity index (χ2v) is 8.51. The normalized spacial score (nSPS) is 26.0. The van der Waals surface area contributed by atoms with E-state index in [1.54, 1.807) is 0 Å². The Morgan fingerprint density at radius 1 is 0.633 bits per heavy atom. The zero-order valence-electron chi connectivity index (χ0n) is 17.1. The van der Waals surface area contributed by atoms with Gasteiger partial charge in [0.1, 0.15) is 0 Å². The first-order valence-corrected chi connectivity index (χ1v) is 10.7. The molecule has 0 spiro atoms. The largest absolute Gasteiger partial charge is 0.274 e. The van der Waals surface area contributed by atoms with Gasteiger partial charge in [-0.2, -0.15) is 0 Å². The molecule has 3 nitrogen and oxygen atoms in total. The molecule has 3 aromatic carbocycles. The highest BCUT2D eigenvalue weighted by molar-refractivity contribution is 6.22. The van der Waals surface area contributed by atoms with Crippen LogP contribution in [0, 0.1) is 18.8 Å². The van der Waals surface area contributed by atoms with Crippen molar-refractivity contribution >= 4 is 17.5 Å². The number of anilines is 1. The fourth-order valence-electron chi connectivity index (χ4n) is 5.37. The lowest BCUT2D eigenvalue weighted by Gasteiger charge is -2.37. The maximum atomic E-state index is 13.7. The van der Waals surface area contributed by atoms with E-state index in [4.69, 9.17) is 0 Å². The van der Waals surface area contributed by atoms with E-state index in [9.17, 15) is 9.59 Å². The fraction of sp³-hybridized carbons (Fsp3) is 0.259. The zero-order chi connectivity index (χ0) is 20.7. The molecule has 2 amide bonds. The van der Waals surface area contributed by atoms with Gasteiger partial charge in [0.05, 0.1) is 17.5 Å². The summed E-state index contributed by atoms with van der Waals surface area (Å²) in [5.41, 5.74) is 4.11. The maximum absolute atomic E-state index is 13.7. The predicted octanol–water partition coefficient (Wildman–Crippen LogP) is 5.46. The molecule has 0 radical (unpaired) electrons. The van der Waals surface area contributed by atoms with Crippen LogP contribution >= 0.6 is 0 Å². The van der Waals surface area contributed by atoms with Crippen LogP contribution in [-0.4, -0.2) is 11.8 Å². The second-order valence-electron chi connectivity index (χ2n) is 8.51. The van der Waals surface area contributed by atoms with E-state index in [0.717, 1.165) is 29.5 Å². The maximum Gasteiger partial charge on any atom is 0.238 e. The van der Waals surface area contributed by atoms with Crippen LogP contribution in [0.25, 0.3) is 0 Å². The lowest BCUT2D eigenvalue weighted by atomic mass is 9.64. The molecule has 1 saturated carbocycles. The van der Waals surface area contributed by atoms with E-state index in [0.29, 0.717) is 5.69 Å². The van der Waals surface area contributed by atoms with Crippen molar-refractivity contribution in [2.75, 3.05) is 4.90 Å². The Hall–Kier alpha value is -3.20. The van der Waals surface area contributed by atoms with Crippen molar-refractivity contribution in [2.24, 2.45) is 11.8 Å². The molecule has 4 atom stereocenters. The highest BCUT2D eigenvalue weighted by Gasteiger charge is 2.56. The van der Waals surface area contributed by atoms with Crippen LogP contribution in [0.15, 0.2) is 84.9 Å². The Bertz CT molecular complexity index is 994. The summed E-state index contributed by atoms with van der Waals surface area (Å²) in [6.07, 6.45) is 1.82. The van der Waals surface area contributed by atoms with Gasteiger partial charge in [-0.1, -0.05) is 78.4 Å². The predicted molar refractivity (Wildman–Crippen MR) is 118 cm³/mol. The fourth-order valence-corrected chi connectivity index (χ4v) is 5.37. The smallest absolute Gasteiger partial charge is 0.238 e. The van der Waals surface area contributed by atoms with Crippen molar-refractivity contribution in [2.45, 2.75) is 31.6 Å². The molecule has 0 unspecified atom stereocenters. The van der Waals surface area contributed by atoms with E-state index in [1.807, 2.05) is 67.6 Å². The Morgan fingerprint density at radius 2 is 1.07 bits per heavy atom. The van der Waals surface area contributed by atoms with E-state index in [1.165, 1.54) is 4.90 Å². The molecule has 1 heterocycles. The van der Waals surface area contributed by atoms with Crippen LogP contribution in [0.3, 0.4) is 0 Å². The first kappa shape index (κ1) is 18.8. The highest BCUT2D eigenvalue weighted by atomic mass is 16.2. The van der Waals surface area contributed by atoms with Crippen LogP contribution in [0.4, 0.5) is 5.69 Å². The number of carbonyl (C=O) groups is 2. The molecule has 150 valence electrons. The van der Waals surface area contributed by atoms with Gasteiger partial charge < -0.3 is 0 Å². The van der Waals surface area contributed by atoms with E-state index >= 15 is 0 Å². The lowest BCUT2D eigenvalue weighted by molar-refractivity contribution is -0.122. The molecule has 0 aromatic heterocycles. The monoisotopic (exact) mass is 395 g/mol. The molecular formula is C27H25NO2. The molecule has 2 aliphatic rings. The number of carbonyl (C=O) groups excluding carboxylic acids is 2. The van der Waals surface area contributed by atoms with Crippen molar-refractivity contribution in [1.82, 2.24) is 0 Å². The molecule has 30 heavy (non-hydrogen) atoms. The van der Waals surface area contributed by atoms with E-state index < -0.39 is 0 Å². The summed E-state index contributed by atoms with van der Waals surface area (Å²) in [5.74, 6) is -0.599. The zero-order valence-corrected chi connectivity index (χ0v) is 17.1. The molecule has 3 aromatic rings. The van der Waals surface area contributed by atoms with Gasteiger partial charge in [0, 0.05) is 0 Å². The Labute approximate surface area is 177 Å². The number of hydrogen-bond acceptors (Lipinski definition) is 2. The van der Waals surface area contributed by atoms with Gasteiger partial charge in [-0.15, -0.1) is 0 Å². The summed E-state index contributed by atoms with van der Waals surface area (Å²) in [4.78, 5) is 28.9. The van der Waals surface area contributed by atoms with Crippen molar-refractivity contribution in [1.29, 1.82) is 0 Å². The average molecular weight is 396 g/mol. The van der Waals surface area contributed by atoms with Crippen molar-refractivity contribution < 1.29 is 9.59 Å². The Balaban J connectivity index is 1.60. The molecule has 0 N–H and O–H groups in total. The minimum Gasteiger partial charge on any atom is -0.274 e. The van der Waals surface area contributed by atoms with Gasteiger partial charge in [0.25, 0.3) is 0 Å². The van der Waals surface area contributed by atoms with Gasteiger partial charge >= 0.3 is 0 Å². The third-order valence-corrected chi connectivity index (χ3v) is 6.80. The van der Waals surface area contributed by atoms with Gasteiger partial charge in [0.2, 0.25) is 11.8 Å². The number of hydrogen-bond donors (Lipinski definition) is 0. The summed E-state index contributed by atoms with van der Waals surface area (Å²) in [7, 11) is 0. The highest BCUT2D eigenvalue weighted by Crippen LogP contribution is 2.53. The first-order valence-electron chi connectivity index (χ1n) is 10.7. The van der Waals surface area contributed by atoms with Crippen LogP contribution in [-0.2, 0) is 9.59 Å². The van der Waals surface area contributed by atoms with Crippen LogP contribution in [0.5, 0.6) is 0 Å². The molecular weight excluding hydrogens is 370 g/mol. The summed E-state index contributed by atoms with van der Waals surface area (Å²) < 4.78 is 0. The number of amides is 2. The molecule has 2 fully saturated rings. The number of aryl methyl sites for hydroxylation is 1. The lowest BCUT2D eigenvalue weighted by Crippen LogP contribution is -2.34. The standard InChI is InChI=1S/C27H25NO2/c1-18-12-14-21(15-13-18)28-26(29)24-22(19-8-4-2-5-9-19)16-17-23(25(24)27(28)30)20-10-6-3-7-11-20/h2-15,22-25H,16-17H2,1H3/t22-,23-,24+,25+/m0/s1. The van der Waals surface area contributed by atoms with Crippen LogP contribution < -0.4 is 4.90 Å². The third-order valence-electron chi connectivity index (χ3n) is 6.80. The topological polar surface area (TPSA) is 37.4 Å². The number of rotatable bonds is 3. The summed E-state index contributed by atoms with van der Waals surface area (Å²) in [6.45, 7) is 2.01. The van der Waals surface area contributed by atoms with Crippen LogP contribution in [0.2, 0.25) is 0 Å².